The van der Waals surface area contributed by atoms with Crippen LogP contribution in [0.5, 0.6) is 0 Å². The summed E-state index contributed by atoms with van der Waals surface area (Å²) in [6.45, 7) is 2.85. The molecule has 0 bridgehead atoms. The van der Waals surface area contributed by atoms with Crippen molar-refractivity contribution in [3.63, 3.8) is 0 Å². The molecule has 1 N–H and O–H groups in total. The van der Waals surface area contributed by atoms with Crippen molar-refractivity contribution < 1.29 is 18.7 Å². The van der Waals surface area contributed by atoms with E-state index in [1.807, 2.05) is 0 Å². The van der Waals surface area contributed by atoms with Crippen LogP contribution in [-0.2, 0) is 0 Å². The van der Waals surface area contributed by atoms with Crippen molar-refractivity contribution in [1.29, 1.82) is 0 Å². The lowest BCUT2D eigenvalue weighted by molar-refractivity contribution is 0.0689. The van der Waals surface area contributed by atoms with Gasteiger partial charge in [0.15, 0.2) is 5.69 Å². The number of halogens is 2. The monoisotopic (exact) mass is 253 g/mol. The number of hydrogen-bond acceptors (Lipinski definition) is 3. The summed E-state index contributed by atoms with van der Waals surface area (Å²) >= 11 is 0. The molecule has 7 heteroatoms. The molecule has 2 aromatic rings. The van der Waals surface area contributed by atoms with Gasteiger partial charge in [0.1, 0.15) is 17.3 Å². The number of rotatable bonds is 2. The molecule has 0 amide bonds. The number of hydrogen-bond donors (Lipinski definition) is 1. The summed E-state index contributed by atoms with van der Waals surface area (Å²) in [6, 6.07) is 1.98. The van der Waals surface area contributed by atoms with Gasteiger partial charge in [0.2, 0.25) is 0 Å². The van der Waals surface area contributed by atoms with Crippen LogP contribution in [0.4, 0.5) is 8.78 Å². The minimum absolute atomic E-state index is 0.129. The average Bonchev–Trinajstić information content (AvgIpc) is 2.66. The van der Waals surface area contributed by atoms with Gasteiger partial charge in [0, 0.05) is 6.07 Å². The minimum atomic E-state index is -1.27. The number of aryl methyl sites for hydroxylation is 1. The number of aromatic carboxylic acids is 1. The maximum Gasteiger partial charge on any atom is 0.358 e. The third-order valence-corrected chi connectivity index (χ3v) is 2.55. The smallest absolute Gasteiger partial charge is 0.358 e. The lowest BCUT2D eigenvalue weighted by Gasteiger charge is -2.06. The molecule has 0 fully saturated rings. The van der Waals surface area contributed by atoms with E-state index < -0.39 is 17.6 Å². The molecule has 0 aliphatic carbocycles. The van der Waals surface area contributed by atoms with Crippen LogP contribution in [0.15, 0.2) is 12.1 Å². The summed E-state index contributed by atoms with van der Waals surface area (Å²) in [5, 5.41) is 15.7. The molecule has 0 aliphatic heterocycles. The van der Waals surface area contributed by atoms with Gasteiger partial charge in [0.25, 0.3) is 0 Å². The Morgan fingerprint density at radius 3 is 2.50 bits per heavy atom. The summed E-state index contributed by atoms with van der Waals surface area (Å²) in [5.74, 6) is -2.57. The van der Waals surface area contributed by atoms with Gasteiger partial charge in [-0.25, -0.2) is 18.3 Å². The van der Waals surface area contributed by atoms with E-state index in [4.69, 9.17) is 5.11 Å². The second-order valence-electron chi connectivity index (χ2n) is 3.79. The Labute approximate surface area is 101 Å². The summed E-state index contributed by atoms with van der Waals surface area (Å²) in [7, 11) is 0. The van der Waals surface area contributed by atoms with Crippen LogP contribution < -0.4 is 0 Å². The number of carboxylic acids is 1. The number of nitrogens with zero attached hydrogens (tertiary/aromatic N) is 3. The molecule has 0 unspecified atom stereocenters. The predicted octanol–water partition coefficient (Wildman–Crippen LogP) is 1.86. The van der Waals surface area contributed by atoms with E-state index in [0.717, 1.165) is 16.8 Å². The zero-order valence-corrected chi connectivity index (χ0v) is 9.61. The van der Waals surface area contributed by atoms with E-state index in [1.54, 1.807) is 0 Å². The standard InChI is InChI=1S/C11H9F2N3O2/c1-5-3-8(13)9(4-7(5)12)16-6(2)10(11(17)18)14-15-16/h3-4H,1-2H3,(H,17,18). The highest BCUT2D eigenvalue weighted by Crippen LogP contribution is 2.19. The van der Waals surface area contributed by atoms with Crippen LogP contribution in [-0.4, -0.2) is 26.1 Å². The summed E-state index contributed by atoms with van der Waals surface area (Å²) < 4.78 is 28.1. The SMILES string of the molecule is Cc1cc(F)c(-n2nnc(C(=O)O)c2C)cc1F. The highest BCUT2D eigenvalue weighted by molar-refractivity contribution is 5.86. The number of aromatic nitrogens is 3. The molecule has 2 rings (SSSR count). The van der Waals surface area contributed by atoms with Crippen molar-refractivity contribution in [3.05, 3.63) is 40.7 Å². The van der Waals surface area contributed by atoms with Crippen molar-refractivity contribution in [2.75, 3.05) is 0 Å². The zero-order chi connectivity index (χ0) is 13.4. The first-order valence-corrected chi connectivity index (χ1v) is 5.03. The Balaban J connectivity index is 2.63. The summed E-state index contributed by atoms with van der Waals surface area (Å²) in [5.41, 5.74) is -0.178. The van der Waals surface area contributed by atoms with E-state index >= 15 is 0 Å². The Hall–Kier alpha value is -2.31. The van der Waals surface area contributed by atoms with Gasteiger partial charge < -0.3 is 5.11 Å². The zero-order valence-electron chi connectivity index (χ0n) is 9.61. The third-order valence-electron chi connectivity index (χ3n) is 2.55. The molecule has 1 heterocycles. The van der Waals surface area contributed by atoms with E-state index in [-0.39, 0.29) is 22.6 Å². The van der Waals surface area contributed by atoms with Crippen molar-refractivity contribution in [1.82, 2.24) is 15.0 Å². The fourth-order valence-electron chi connectivity index (χ4n) is 1.55. The highest BCUT2D eigenvalue weighted by Gasteiger charge is 2.19. The number of benzene rings is 1. The van der Waals surface area contributed by atoms with Crippen LogP contribution >= 0.6 is 0 Å². The fourth-order valence-corrected chi connectivity index (χ4v) is 1.55. The second kappa shape index (κ2) is 4.17. The van der Waals surface area contributed by atoms with Crippen molar-refractivity contribution in [3.8, 4) is 5.69 Å². The van der Waals surface area contributed by atoms with Crippen LogP contribution in [0, 0.1) is 25.5 Å². The Morgan fingerprint density at radius 1 is 1.28 bits per heavy atom. The first-order valence-electron chi connectivity index (χ1n) is 5.03. The molecule has 0 saturated heterocycles. The van der Waals surface area contributed by atoms with Crippen LogP contribution in [0.25, 0.3) is 5.69 Å². The fraction of sp³-hybridized carbons (Fsp3) is 0.182. The van der Waals surface area contributed by atoms with Gasteiger partial charge in [-0.15, -0.1) is 5.10 Å². The predicted molar refractivity (Wildman–Crippen MR) is 57.7 cm³/mol. The Morgan fingerprint density at radius 2 is 1.94 bits per heavy atom. The summed E-state index contributed by atoms with van der Waals surface area (Å²) in [6.07, 6.45) is 0. The van der Waals surface area contributed by atoms with E-state index in [1.165, 1.54) is 13.8 Å². The minimum Gasteiger partial charge on any atom is -0.476 e. The molecular weight excluding hydrogens is 244 g/mol. The van der Waals surface area contributed by atoms with Gasteiger partial charge in [-0.1, -0.05) is 5.21 Å². The maximum atomic E-state index is 13.7. The maximum absolute atomic E-state index is 13.7. The third kappa shape index (κ3) is 1.83. The van der Waals surface area contributed by atoms with E-state index in [2.05, 4.69) is 10.3 Å². The van der Waals surface area contributed by atoms with E-state index in [0.29, 0.717) is 0 Å². The molecule has 0 spiro atoms. The van der Waals surface area contributed by atoms with Crippen molar-refractivity contribution >= 4 is 5.97 Å². The molecule has 0 radical (unpaired) electrons. The second-order valence-corrected chi connectivity index (χ2v) is 3.79. The largest absolute Gasteiger partial charge is 0.476 e. The highest BCUT2D eigenvalue weighted by atomic mass is 19.1. The lowest BCUT2D eigenvalue weighted by Crippen LogP contribution is -2.05. The van der Waals surface area contributed by atoms with Gasteiger partial charge in [-0.3, -0.25) is 0 Å². The Kier molecular flexibility index (Phi) is 2.82. The topological polar surface area (TPSA) is 68.0 Å². The molecule has 94 valence electrons. The number of carbonyl (C=O) groups is 1. The van der Waals surface area contributed by atoms with Crippen molar-refractivity contribution in [2.24, 2.45) is 0 Å². The molecule has 0 atom stereocenters. The van der Waals surface area contributed by atoms with Gasteiger partial charge in [-0.2, -0.15) is 0 Å². The van der Waals surface area contributed by atoms with Gasteiger partial charge in [0.05, 0.1) is 5.69 Å². The summed E-state index contributed by atoms with van der Waals surface area (Å²) in [4.78, 5) is 10.8. The quantitative estimate of drug-likeness (QED) is 0.887. The number of carboxylic acid groups (broad SMARTS) is 1. The molecule has 5 nitrogen and oxygen atoms in total. The average molecular weight is 253 g/mol. The van der Waals surface area contributed by atoms with Crippen LogP contribution in [0.1, 0.15) is 21.7 Å². The van der Waals surface area contributed by atoms with E-state index in [9.17, 15) is 13.6 Å². The first kappa shape index (κ1) is 12.2. The van der Waals surface area contributed by atoms with Gasteiger partial charge >= 0.3 is 5.97 Å². The molecule has 0 aliphatic rings. The molecular formula is C11H9F2N3O2. The normalized spacial score (nSPS) is 10.7. The lowest BCUT2D eigenvalue weighted by atomic mass is 10.2. The molecule has 18 heavy (non-hydrogen) atoms. The molecule has 0 saturated carbocycles. The van der Waals surface area contributed by atoms with Crippen LogP contribution in [0.2, 0.25) is 0 Å². The molecule has 1 aromatic carbocycles. The Bertz CT molecular complexity index is 637. The van der Waals surface area contributed by atoms with Crippen LogP contribution in [0.3, 0.4) is 0 Å². The molecule has 1 aromatic heterocycles. The van der Waals surface area contributed by atoms with Crippen molar-refractivity contribution in [2.45, 2.75) is 13.8 Å². The first-order chi connectivity index (χ1) is 8.41. The van der Waals surface area contributed by atoms with Gasteiger partial charge in [-0.05, 0) is 25.5 Å².